The molecule has 1 N–H and O–H groups in total. The van der Waals surface area contributed by atoms with Gasteiger partial charge in [-0.15, -0.1) is 0 Å². The number of ketones is 1. The second kappa shape index (κ2) is 6.32. The average molecular weight is 471 g/mol. The first-order chi connectivity index (χ1) is 15.6. The molecule has 6 rings (SSSR count). The summed E-state index contributed by atoms with van der Waals surface area (Å²) >= 11 is 0. The Bertz CT molecular complexity index is 967. The number of hydrogen-bond acceptors (Lipinski definition) is 3. The number of fused-ring (bicyclic) bond motifs is 5. The van der Waals surface area contributed by atoms with Gasteiger partial charge in [0.05, 0.1) is 11.5 Å². The molecule has 9 atom stereocenters. The van der Waals surface area contributed by atoms with Gasteiger partial charge in [-0.3, -0.25) is 9.59 Å². The van der Waals surface area contributed by atoms with Crippen LogP contribution in [0.2, 0.25) is 0 Å². The maximum atomic E-state index is 13.0. The lowest BCUT2D eigenvalue weighted by molar-refractivity contribution is -0.234. The summed E-state index contributed by atoms with van der Waals surface area (Å²) in [4.78, 5) is 25.8. The van der Waals surface area contributed by atoms with Crippen LogP contribution in [0.15, 0.2) is 0 Å². The van der Waals surface area contributed by atoms with E-state index in [1.165, 1.54) is 0 Å². The molecule has 1 saturated heterocycles. The molecule has 190 valence electrons. The molecule has 5 aliphatic carbocycles. The van der Waals surface area contributed by atoms with Crippen LogP contribution >= 0.6 is 0 Å². The van der Waals surface area contributed by atoms with Crippen LogP contribution in [0.5, 0.6) is 0 Å². The molecule has 4 unspecified atom stereocenters. The van der Waals surface area contributed by atoms with Gasteiger partial charge in [0.25, 0.3) is 0 Å². The molecule has 5 saturated carbocycles. The van der Waals surface area contributed by atoms with Gasteiger partial charge in [0.1, 0.15) is 11.4 Å². The molecule has 0 aromatic rings. The van der Waals surface area contributed by atoms with Crippen molar-refractivity contribution in [2.24, 2.45) is 50.2 Å². The smallest absolute Gasteiger partial charge is 0.310 e. The standard InChI is InChI=1S/C30H46O4/c1-24(2)12-14-29(23(32)33)15-13-28(7)27(6)11-8-18-25(3,4)21(31)9-10-26(18,5)19(27)16-22-30(28,34-22)20(29)17-24/h18-20,22H,8-17H2,1-7H3,(H,32,33)/t18?,19?,20?,22-,26-,27+,28-,29?,30-/m0/s1. The van der Waals surface area contributed by atoms with Crippen molar-refractivity contribution in [1.29, 1.82) is 0 Å². The first kappa shape index (κ1) is 23.5. The highest BCUT2D eigenvalue weighted by Crippen LogP contribution is 2.83. The van der Waals surface area contributed by atoms with Crippen LogP contribution in [-0.2, 0) is 14.3 Å². The normalized spacial score (nSPS) is 56.7. The van der Waals surface area contributed by atoms with E-state index in [9.17, 15) is 14.7 Å². The Kier molecular flexibility index (Phi) is 4.37. The number of rotatable bonds is 1. The summed E-state index contributed by atoms with van der Waals surface area (Å²) in [6.45, 7) is 16.6. The predicted octanol–water partition coefficient (Wildman–Crippen LogP) is 6.65. The summed E-state index contributed by atoms with van der Waals surface area (Å²) in [7, 11) is 0. The summed E-state index contributed by atoms with van der Waals surface area (Å²) in [5.41, 5.74) is -0.713. The van der Waals surface area contributed by atoms with Gasteiger partial charge in [0.2, 0.25) is 0 Å². The Labute approximate surface area is 206 Å². The maximum absolute atomic E-state index is 13.0. The van der Waals surface area contributed by atoms with Crippen LogP contribution in [0.3, 0.4) is 0 Å². The number of aliphatic carboxylic acids is 1. The van der Waals surface area contributed by atoms with Gasteiger partial charge < -0.3 is 9.84 Å². The van der Waals surface area contributed by atoms with E-state index >= 15 is 0 Å². The summed E-state index contributed by atoms with van der Waals surface area (Å²) < 4.78 is 6.94. The molecule has 0 amide bonds. The number of Topliss-reactive ketones (excluding diaryl/α,β-unsaturated/α-hetero) is 1. The summed E-state index contributed by atoms with van der Waals surface area (Å²) in [5, 5.41) is 10.6. The second-order valence-electron chi connectivity index (χ2n) is 15.6. The van der Waals surface area contributed by atoms with Crippen LogP contribution in [0, 0.1) is 50.2 Å². The highest BCUT2D eigenvalue weighted by molar-refractivity contribution is 5.85. The predicted molar refractivity (Wildman–Crippen MR) is 131 cm³/mol. The van der Waals surface area contributed by atoms with Crippen LogP contribution in [0.4, 0.5) is 0 Å². The molecular weight excluding hydrogens is 424 g/mol. The van der Waals surface area contributed by atoms with Gasteiger partial charge in [-0.1, -0.05) is 48.5 Å². The molecule has 1 aliphatic heterocycles. The number of hydrogen-bond donors (Lipinski definition) is 1. The van der Waals surface area contributed by atoms with Gasteiger partial charge >= 0.3 is 5.97 Å². The molecule has 0 radical (unpaired) electrons. The Hall–Kier alpha value is -0.900. The van der Waals surface area contributed by atoms with Crippen LogP contribution in [0.25, 0.3) is 0 Å². The van der Waals surface area contributed by atoms with E-state index < -0.39 is 11.4 Å². The van der Waals surface area contributed by atoms with E-state index in [0.717, 1.165) is 57.8 Å². The molecule has 1 spiro atoms. The zero-order valence-electron chi connectivity index (χ0n) is 22.6. The lowest BCUT2D eigenvalue weighted by Crippen LogP contribution is -2.71. The van der Waals surface area contributed by atoms with E-state index in [0.29, 0.717) is 24.0 Å². The summed E-state index contributed by atoms with van der Waals surface area (Å²) in [5.74, 6) is 0.952. The number of carboxylic acid groups (broad SMARTS) is 1. The SMILES string of the molecule is CC1(C)CCC2(C(=O)O)CC[C@@]3(C)[C@]4(C)CCC5C(C)(C)C(=O)CC[C@]5(C)C4C[C@@H]4O[C@@]43C2C1. The minimum absolute atomic E-state index is 0.00972. The molecule has 34 heavy (non-hydrogen) atoms. The fourth-order valence-electron chi connectivity index (χ4n) is 11.6. The number of carbonyl (C=O) groups is 2. The van der Waals surface area contributed by atoms with Crippen LogP contribution < -0.4 is 0 Å². The number of ether oxygens (including phenoxy) is 1. The molecule has 4 heteroatoms. The summed E-state index contributed by atoms with van der Waals surface area (Å²) in [6, 6.07) is 0. The molecule has 6 aliphatic rings. The van der Waals surface area contributed by atoms with Crippen LogP contribution in [-0.4, -0.2) is 28.6 Å². The first-order valence-corrected chi connectivity index (χ1v) is 14.1. The Morgan fingerprint density at radius 3 is 2.24 bits per heavy atom. The fraction of sp³-hybridized carbons (Fsp3) is 0.933. The first-order valence-electron chi connectivity index (χ1n) is 14.1. The highest BCUT2D eigenvalue weighted by Gasteiger charge is 2.85. The van der Waals surface area contributed by atoms with Crippen molar-refractivity contribution in [2.45, 2.75) is 124 Å². The second-order valence-corrected chi connectivity index (χ2v) is 15.6. The van der Waals surface area contributed by atoms with Gasteiger partial charge in [-0.05, 0) is 85.9 Å². The van der Waals surface area contributed by atoms with Crippen molar-refractivity contribution in [3.8, 4) is 0 Å². The topological polar surface area (TPSA) is 66.9 Å². The van der Waals surface area contributed by atoms with E-state index in [4.69, 9.17) is 4.74 Å². The van der Waals surface area contributed by atoms with Crippen molar-refractivity contribution >= 4 is 11.8 Å². The molecule has 4 nitrogen and oxygen atoms in total. The zero-order chi connectivity index (χ0) is 24.7. The zero-order valence-corrected chi connectivity index (χ0v) is 22.6. The quantitative estimate of drug-likeness (QED) is 0.436. The number of epoxide rings is 1. The van der Waals surface area contributed by atoms with E-state index in [2.05, 4.69) is 48.5 Å². The van der Waals surface area contributed by atoms with Crippen LogP contribution in [0.1, 0.15) is 113 Å². The van der Waals surface area contributed by atoms with E-state index in [-0.39, 0.29) is 44.7 Å². The number of carboxylic acids is 1. The van der Waals surface area contributed by atoms with Crippen molar-refractivity contribution in [1.82, 2.24) is 0 Å². The third kappa shape index (κ3) is 2.37. The van der Waals surface area contributed by atoms with E-state index in [1.54, 1.807) is 0 Å². The van der Waals surface area contributed by atoms with Crippen molar-refractivity contribution < 1.29 is 19.4 Å². The monoisotopic (exact) mass is 470 g/mol. The summed E-state index contributed by atoms with van der Waals surface area (Å²) in [6.07, 6.45) is 9.71. The minimum Gasteiger partial charge on any atom is -0.481 e. The van der Waals surface area contributed by atoms with Crippen molar-refractivity contribution in [3.63, 3.8) is 0 Å². The van der Waals surface area contributed by atoms with E-state index in [1.807, 2.05) is 0 Å². The van der Waals surface area contributed by atoms with Crippen molar-refractivity contribution in [3.05, 3.63) is 0 Å². The lowest BCUT2D eigenvalue weighted by Gasteiger charge is -2.71. The Morgan fingerprint density at radius 1 is 0.882 bits per heavy atom. The van der Waals surface area contributed by atoms with Gasteiger partial charge in [0, 0.05) is 23.2 Å². The van der Waals surface area contributed by atoms with Crippen molar-refractivity contribution in [2.75, 3.05) is 0 Å². The molecule has 1 heterocycles. The van der Waals surface area contributed by atoms with Gasteiger partial charge in [0.15, 0.2) is 0 Å². The van der Waals surface area contributed by atoms with Gasteiger partial charge in [-0.2, -0.15) is 0 Å². The maximum Gasteiger partial charge on any atom is 0.310 e. The molecule has 0 aromatic heterocycles. The fourth-order valence-corrected chi connectivity index (χ4v) is 11.6. The Balaban J connectivity index is 1.45. The minimum atomic E-state index is -0.618. The largest absolute Gasteiger partial charge is 0.481 e. The third-order valence-corrected chi connectivity index (χ3v) is 13.8. The Morgan fingerprint density at radius 2 is 1.56 bits per heavy atom. The molecule has 6 fully saturated rings. The third-order valence-electron chi connectivity index (χ3n) is 13.8. The van der Waals surface area contributed by atoms with Gasteiger partial charge in [-0.25, -0.2) is 0 Å². The average Bonchev–Trinajstić information content (AvgIpc) is 3.47. The number of carbonyl (C=O) groups excluding carboxylic acids is 1. The molecule has 0 bridgehead atoms. The molecular formula is C30H46O4. The lowest BCUT2D eigenvalue weighted by atomic mass is 9.31. The highest BCUT2D eigenvalue weighted by atomic mass is 16.6. The molecule has 0 aromatic carbocycles.